The third-order valence-corrected chi connectivity index (χ3v) is 2.63. The van der Waals surface area contributed by atoms with Crippen LogP contribution in [0.1, 0.15) is 17.3 Å². The number of carbonyl (C=O) groups excluding carboxylic acids is 2. The Kier molecular flexibility index (Phi) is 5.37. The summed E-state index contributed by atoms with van der Waals surface area (Å²) in [6.45, 7) is 0.871. The summed E-state index contributed by atoms with van der Waals surface area (Å²) < 4.78 is 47.7. The lowest BCUT2D eigenvalue weighted by atomic mass is 10.1. The van der Waals surface area contributed by atoms with E-state index in [1.807, 2.05) is 0 Å². The van der Waals surface area contributed by atoms with Crippen molar-refractivity contribution in [3.8, 4) is 5.75 Å². The summed E-state index contributed by atoms with van der Waals surface area (Å²) in [5.74, 6) is -2.92. The molecule has 0 fully saturated rings. The minimum atomic E-state index is -5.44. The number of rotatable bonds is 5. The summed E-state index contributed by atoms with van der Waals surface area (Å²) in [7, 11) is 1.37. The molecule has 1 aromatic rings. The zero-order chi connectivity index (χ0) is 17.0. The quantitative estimate of drug-likeness (QED) is 0.629. The van der Waals surface area contributed by atoms with Crippen LogP contribution in [0.5, 0.6) is 5.75 Å². The van der Waals surface area contributed by atoms with Crippen molar-refractivity contribution in [2.24, 2.45) is 0 Å². The molecule has 2 N–H and O–H groups in total. The van der Waals surface area contributed by atoms with Crippen LogP contribution in [0, 0.1) is 0 Å². The van der Waals surface area contributed by atoms with Crippen LogP contribution in [0.25, 0.3) is 0 Å². The summed E-state index contributed by atoms with van der Waals surface area (Å²) in [6.07, 6.45) is -5.44. The van der Waals surface area contributed by atoms with E-state index < -0.39 is 30.4 Å². The predicted molar refractivity (Wildman–Crippen MR) is 68.1 cm³/mol. The third kappa shape index (κ3) is 3.67. The molecule has 6 nitrogen and oxygen atoms in total. The molecule has 0 heterocycles. The number of alkyl halides is 3. The number of halogens is 3. The Balaban J connectivity index is 3.03. The van der Waals surface area contributed by atoms with Crippen LogP contribution in [-0.4, -0.2) is 42.6 Å². The van der Waals surface area contributed by atoms with Gasteiger partial charge in [0.1, 0.15) is 5.75 Å². The van der Waals surface area contributed by atoms with Gasteiger partial charge in [0.15, 0.2) is 0 Å². The van der Waals surface area contributed by atoms with E-state index in [0.717, 1.165) is 0 Å². The summed E-state index contributed by atoms with van der Waals surface area (Å²) in [6, 6.07) is 5.03. The van der Waals surface area contributed by atoms with Crippen molar-refractivity contribution >= 4 is 11.9 Å². The first-order chi connectivity index (χ1) is 10.2. The number of ether oxygens (including phenoxy) is 2. The topological polar surface area (TPSA) is 84.9 Å². The van der Waals surface area contributed by atoms with Crippen molar-refractivity contribution in [1.29, 1.82) is 0 Å². The average molecular weight is 321 g/mol. The third-order valence-electron chi connectivity index (χ3n) is 2.63. The highest BCUT2D eigenvalue weighted by Gasteiger charge is 2.62. The van der Waals surface area contributed by atoms with E-state index in [-0.39, 0.29) is 5.56 Å². The molecule has 1 rings (SSSR count). The lowest BCUT2D eigenvalue weighted by Gasteiger charge is -2.28. The maximum Gasteiger partial charge on any atom is 0.448 e. The van der Waals surface area contributed by atoms with E-state index in [0.29, 0.717) is 5.75 Å². The molecule has 1 aromatic carbocycles. The molecule has 22 heavy (non-hydrogen) atoms. The highest BCUT2D eigenvalue weighted by molar-refractivity contribution is 5.98. The molecule has 0 bridgehead atoms. The lowest BCUT2D eigenvalue weighted by molar-refractivity contribution is -0.269. The van der Waals surface area contributed by atoms with E-state index in [1.165, 1.54) is 43.6 Å². The van der Waals surface area contributed by atoms with E-state index in [9.17, 15) is 27.9 Å². The Bertz CT molecular complexity index is 544. The lowest BCUT2D eigenvalue weighted by Crippen LogP contribution is -2.64. The number of hydrogen-bond acceptors (Lipinski definition) is 5. The van der Waals surface area contributed by atoms with Gasteiger partial charge in [0, 0.05) is 5.56 Å². The largest absolute Gasteiger partial charge is 0.497 e. The molecule has 1 atom stereocenters. The Labute approximate surface area is 123 Å². The fraction of sp³-hybridized carbons (Fsp3) is 0.385. The molecule has 0 aliphatic rings. The molecular formula is C13H14F3NO5. The summed E-state index contributed by atoms with van der Waals surface area (Å²) in [5, 5.41) is 10.8. The van der Waals surface area contributed by atoms with Crippen LogP contribution in [0.2, 0.25) is 0 Å². The molecule has 0 aliphatic carbocycles. The van der Waals surface area contributed by atoms with E-state index in [4.69, 9.17) is 4.74 Å². The summed E-state index contributed by atoms with van der Waals surface area (Å²) >= 11 is 0. The van der Waals surface area contributed by atoms with Crippen LogP contribution >= 0.6 is 0 Å². The zero-order valence-electron chi connectivity index (χ0n) is 11.7. The highest BCUT2D eigenvalue weighted by atomic mass is 19.4. The number of aliphatic hydroxyl groups is 1. The van der Waals surface area contributed by atoms with Crippen molar-refractivity contribution in [1.82, 2.24) is 5.32 Å². The summed E-state index contributed by atoms with van der Waals surface area (Å²) in [5.41, 5.74) is -4.33. The second kappa shape index (κ2) is 6.65. The van der Waals surface area contributed by atoms with Crippen LogP contribution in [0.3, 0.4) is 0 Å². The van der Waals surface area contributed by atoms with Gasteiger partial charge in [-0.3, -0.25) is 4.79 Å². The van der Waals surface area contributed by atoms with Crippen LogP contribution in [-0.2, 0) is 9.53 Å². The van der Waals surface area contributed by atoms with Gasteiger partial charge in [-0.1, -0.05) is 0 Å². The number of methoxy groups -OCH3 is 1. The molecular weight excluding hydrogens is 307 g/mol. The number of carbonyl (C=O) groups is 2. The predicted octanol–water partition coefficient (Wildman–Crippen LogP) is 1.24. The van der Waals surface area contributed by atoms with Crippen molar-refractivity contribution in [3.05, 3.63) is 29.8 Å². The first-order valence-corrected chi connectivity index (χ1v) is 6.08. The molecule has 122 valence electrons. The Morgan fingerprint density at radius 2 is 1.77 bits per heavy atom. The number of benzene rings is 1. The van der Waals surface area contributed by atoms with Gasteiger partial charge in [-0.25, -0.2) is 4.79 Å². The second-order valence-corrected chi connectivity index (χ2v) is 4.11. The van der Waals surface area contributed by atoms with E-state index >= 15 is 0 Å². The zero-order valence-corrected chi connectivity index (χ0v) is 11.7. The van der Waals surface area contributed by atoms with E-state index in [2.05, 4.69) is 4.74 Å². The van der Waals surface area contributed by atoms with Gasteiger partial charge in [-0.2, -0.15) is 13.2 Å². The normalized spacial score (nSPS) is 13.9. The number of hydrogen-bond donors (Lipinski definition) is 2. The maximum absolute atomic E-state index is 12.9. The number of nitrogens with one attached hydrogen (secondary N) is 1. The van der Waals surface area contributed by atoms with Crippen molar-refractivity contribution in [3.63, 3.8) is 0 Å². The van der Waals surface area contributed by atoms with Gasteiger partial charge >= 0.3 is 17.9 Å². The molecule has 0 saturated carbocycles. The molecule has 9 heteroatoms. The Morgan fingerprint density at radius 3 is 2.18 bits per heavy atom. The molecule has 0 radical (unpaired) electrons. The Morgan fingerprint density at radius 1 is 1.23 bits per heavy atom. The molecule has 1 amide bonds. The molecule has 0 aliphatic heterocycles. The standard InChI is InChI=1S/C13H14F3NO5/c1-3-22-11(19)12(20,13(14,15)16)17-10(18)8-4-6-9(21-2)7-5-8/h4-7,20H,3H2,1-2H3,(H,17,18). The monoisotopic (exact) mass is 321 g/mol. The fourth-order valence-corrected chi connectivity index (χ4v) is 1.45. The highest BCUT2D eigenvalue weighted by Crippen LogP contribution is 2.30. The van der Waals surface area contributed by atoms with Crippen LogP contribution in [0.4, 0.5) is 13.2 Å². The van der Waals surface area contributed by atoms with Crippen LogP contribution < -0.4 is 10.1 Å². The van der Waals surface area contributed by atoms with Gasteiger partial charge < -0.3 is 19.9 Å². The number of amides is 1. The van der Waals surface area contributed by atoms with Gasteiger partial charge in [-0.05, 0) is 31.2 Å². The SMILES string of the molecule is CCOC(=O)C(O)(NC(=O)c1ccc(OC)cc1)C(F)(F)F. The van der Waals surface area contributed by atoms with Gasteiger partial charge in [0.05, 0.1) is 13.7 Å². The van der Waals surface area contributed by atoms with Crippen molar-refractivity contribution in [2.45, 2.75) is 18.8 Å². The van der Waals surface area contributed by atoms with Gasteiger partial charge in [0.25, 0.3) is 5.91 Å². The number of esters is 1. The van der Waals surface area contributed by atoms with Gasteiger partial charge in [-0.15, -0.1) is 0 Å². The van der Waals surface area contributed by atoms with Crippen LogP contribution in [0.15, 0.2) is 24.3 Å². The first-order valence-electron chi connectivity index (χ1n) is 6.08. The fourth-order valence-electron chi connectivity index (χ4n) is 1.45. The minimum absolute atomic E-state index is 0.201. The maximum atomic E-state index is 12.9. The molecule has 1 unspecified atom stereocenters. The van der Waals surface area contributed by atoms with Crippen molar-refractivity contribution in [2.75, 3.05) is 13.7 Å². The second-order valence-electron chi connectivity index (χ2n) is 4.11. The minimum Gasteiger partial charge on any atom is -0.497 e. The first kappa shape index (κ1) is 17.8. The smallest absolute Gasteiger partial charge is 0.448 e. The Hall–Kier alpha value is -2.29. The summed E-state index contributed by atoms with van der Waals surface area (Å²) in [4.78, 5) is 23.1. The molecule has 0 aromatic heterocycles. The average Bonchev–Trinajstić information content (AvgIpc) is 2.46. The van der Waals surface area contributed by atoms with Gasteiger partial charge in [0.2, 0.25) is 0 Å². The molecule has 0 saturated heterocycles. The van der Waals surface area contributed by atoms with Crippen molar-refractivity contribution < 1.29 is 37.3 Å². The van der Waals surface area contributed by atoms with E-state index in [1.54, 1.807) is 0 Å². The molecule has 0 spiro atoms.